The Labute approximate surface area is 225 Å². The number of ether oxygens (including phenoxy) is 1. The lowest BCUT2D eigenvalue weighted by molar-refractivity contribution is -0.139. The van der Waals surface area contributed by atoms with E-state index in [2.05, 4.69) is 5.32 Å². The Morgan fingerprint density at radius 1 is 1.11 bits per heavy atom. The maximum Gasteiger partial charge on any atom is 0.244 e. The molecule has 10 heteroatoms. The van der Waals surface area contributed by atoms with Gasteiger partial charge < -0.3 is 15.0 Å². The van der Waals surface area contributed by atoms with Crippen molar-refractivity contribution in [3.05, 3.63) is 58.6 Å². The number of hydrogen-bond donors (Lipinski definition) is 1. The van der Waals surface area contributed by atoms with E-state index in [1.54, 1.807) is 38.3 Å². The molecular weight excluding hydrogens is 514 g/mol. The van der Waals surface area contributed by atoms with Gasteiger partial charge in [-0.25, -0.2) is 8.42 Å². The van der Waals surface area contributed by atoms with Crippen molar-refractivity contribution in [2.24, 2.45) is 0 Å². The van der Waals surface area contributed by atoms with Crippen molar-refractivity contribution >= 4 is 39.1 Å². The predicted octanol–water partition coefficient (Wildman–Crippen LogP) is 4.29. The number of halogens is 1. The number of rotatable bonds is 10. The summed E-state index contributed by atoms with van der Waals surface area (Å²) in [5, 5.41) is 3.48. The van der Waals surface area contributed by atoms with E-state index in [0.717, 1.165) is 53.8 Å². The first-order chi connectivity index (χ1) is 17.5. The smallest absolute Gasteiger partial charge is 0.244 e. The first-order valence-corrected chi connectivity index (χ1v) is 14.7. The highest BCUT2D eigenvalue weighted by Gasteiger charge is 2.31. The van der Waals surface area contributed by atoms with E-state index in [9.17, 15) is 18.0 Å². The topological polar surface area (TPSA) is 96.0 Å². The van der Waals surface area contributed by atoms with E-state index in [4.69, 9.17) is 16.3 Å². The van der Waals surface area contributed by atoms with Crippen LogP contribution in [0.5, 0.6) is 5.75 Å². The lowest BCUT2D eigenvalue weighted by Gasteiger charge is -2.33. The van der Waals surface area contributed by atoms with E-state index >= 15 is 0 Å². The summed E-state index contributed by atoms with van der Waals surface area (Å²) in [6, 6.07) is 11.3. The van der Waals surface area contributed by atoms with Crippen LogP contribution in [0.1, 0.15) is 50.2 Å². The van der Waals surface area contributed by atoms with Crippen LogP contribution >= 0.6 is 11.6 Å². The van der Waals surface area contributed by atoms with Gasteiger partial charge in [0.05, 0.1) is 19.1 Å². The fourth-order valence-electron chi connectivity index (χ4n) is 4.43. The van der Waals surface area contributed by atoms with Gasteiger partial charge in [0.1, 0.15) is 18.3 Å². The number of aryl methyl sites for hydroxylation is 1. The van der Waals surface area contributed by atoms with Crippen LogP contribution < -0.4 is 14.4 Å². The molecule has 2 aromatic carbocycles. The minimum atomic E-state index is -3.82. The average molecular weight is 550 g/mol. The predicted molar refractivity (Wildman–Crippen MR) is 146 cm³/mol. The van der Waals surface area contributed by atoms with Gasteiger partial charge in [0.2, 0.25) is 21.8 Å². The van der Waals surface area contributed by atoms with Crippen molar-refractivity contribution in [1.82, 2.24) is 10.2 Å². The van der Waals surface area contributed by atoms with Gasteiger partial charge in [0.15, 0.2) is 0 Å². The lowest BCUT2D eigenvalue weighted by Crippen LogP contribution is -2.52. The molecule has 0 heterocycles. The highest BCUT2D eigenvalue weighted by molar-refractivity contribution is 7.92. The zero-order valence-corrected chi connectivity index (χ0v) is 23.4. The van der Waals surface area contributed by atoms with Gasteiger partial charge in [-0.2, -0.15) is 0 Å². The highest BCUT2D eigenvalue weighted by Crippen LogP contribution is 2.26. The average Bonchev–Trinajstić information content (AvgIpc) is 2.87. The van der Waals surface area contributed by atoms with Crippen LogP contribution in [-0.2, 0) is 26.2 Å². The van der Waals surface area contributed by atoms with Crippen molar-refractivity contribution in [3.8, 4) is 5.75 Å². The number of methoxy groups -OCH3 is 1. The highest BCUT2D eigenvalue weighted by atomic mass is 35.5. The van der Waals surface area contributed by atoms with Crippen LogP contribution in [-0.4, -0.2) is 57.1 Å². The molecule has 0 unspecified atom stereocenters. The summed E-state index contributed by atoms with van der Waals surface area (Å²) in [6.45, 7) is 3.15. The van der Waals surface area contributed by atoms with E-state index in [-0.39, 0.29) is 24.2 Å². The Hall–Kier alpha value is -2.78. The number of amides is 2. The summed E-state index contributed by atoms with van der Waals surface area (Å²) in [6.07, 6.45) is 6.17. The summed E-state index contributed by atoms with van der Waals surface area (Å²) < 4.78 is 31.6. The van der Waals surface area contributed by atoms with Crippen molar-refractivity contribution in [1.29, 1.82) is 0 Å². The number of carbonyl (C=O) groups excluding carboxylic acids is 2. The molecule has 2 amide bonds. The van der Waals surface area contributed by atoms with Crippen molar-refractivity contribution in [2.75, 3.05) is 24.2 Å². The van der Waals surface area contributed by atoms with Gasteiger partial charge in [0, 0.05) is 17.6 Å². The van der Waals surface area contributed by atoms with E-state index in [1.807, 2.05) is 19.1 Å². The Bertz CT molecular complexity index is 1200. The van der Waals surface area contributed by atoms with Crippen LogP contribution in [0.4, 0.5) is 5.69 Å². The first-order valence-electron chi connectivity index (χ1n) is 12.5. The van der Waals surface area contributed by atoms with Crippen LogP contribution in [0.3, 0.4) is 0 Å². The molecule has 1 saturated carbocycles. The van der Waals surface area contributed by atoms with Crippen molar-refractivity contribution < 1.29 is 22.7 Å². The number of benzene rings is 2. The molecule has 0 aromatic heterocycles. The van der Waals surface area contributed by atoms with Gasteiger partial charge in [-0.15, -0.1) is 0 Å². The molecule has 1 N–H and O–H groups in total. The maximum atomic E-state index is 13.7. The van der Waals surface area contributed by atoms with Gasteiger partial charge in [-0.1, -0.05) is 49.1 Å². The van der Waals surface area contributed by atoms with Gasteiger partial charge >= 0.3 is 0 Å². The third-order valence-corrected chi connectivity index (χ3v) is 8.30. The van der Waals surface area contributed by atoms with Crippen LogP contribution in [0.2, 0.25) is 5.02 Å². The molecule has 1 aliphatic rings. The number of anilines is 1. The Balaban J connectivity index is 1.88. The van der Waals surface area contributed by atoms with Crippen LogP contribution in [0.15, 0.2) is 42.5 Å². The monoisotopic (exact) mass is 549 g/mol. The molecule has 202 valence electrons. The van der Waals surface area contributed by atoms with Crippen LogP contribution in [0.25, 0.3) is 0 Å². The Morgan fingerprint density at radius 3 is 2.32 bits per heavy atom. The second-order valence-corrected chi connectivity index (χ2v) is 11.9. The number of carbonyl (C=O) groups is 2. The molecule has 0 aliphatic heterocycles. The summed E-state index contributed by atoms with van der Waals surface area (Å²) in [5.41, 5.74) is 1.87. The third-order valence-electron chi connectivity index (χ3n) is 6.75. The van der Waals surface area contributed by atoms with E-state index in [1.165, 1.54) is 11.0 Å². The van der Waals surface area contributed by atoms with E-state index in [0.29, 0.717) is 10.8 Å². The zero-order valence-electron chi connectivity index (χ0n) is 21.9. The fourth-order valence-corrected chi connectivity index (χ4v) is 5.45. The summed E-state index contributed by atoms with van der Waals surface area (Å²) >= 11 is 6.24. The molecule has 1 fully saturated rings. The molecular formula is C27H36ClN3O5S. The van der Waals surface area contributed by atoms with E-state index < -0.39 is 28.5 Å². The zero-order chi connectivity index (χ0) is 27.2. The molecule has 0 bridgehead atoms. The SMILES string of the molecule is COc1ccc(CN(C(=O)CN(c2ccc(C)c(Cl)c2)S(C)(=O)=O)[C@H](C)C(=O)NC2CCCCC2)cc1. The second kappa shape index (κ2) is 12.6. The molecule has 37 heavy (non-hydrogen) atoms. The van der Waals surface area contributed by atoms with Crippen molar-refractivity contribution in [3.63, 3.8) is 0 Å². The molecule has 3 rings (SSSR count). The molecule has 0 spiro atoms. The summed E-state index contributed by atoms with van der Waals surface area (Å²) in [7, 11) is -2.25. The standard InChI is InChI=1S/C27H36ClN3O5S/c1-19-10-13-23(16-25(19)28)31(37(4,34)35)18-26(32)30(17-21-11-14-24(36-3)15-12-21)20(2)27(33)29-22-8-6-5-7-9-22/h10-16,20,22H,5-9,17-18H2,1-4H3,(H,29,33)/t20-/m1/s1. The van der Waals surface area contributed by atoms with Gasteiger partial charge in [-0.05, 0) is 62.1 Å². The van der Waals surface area contributed by atoms with Crippen LogP contribution in [0, 0.1) is 6.92 Å². The first kappa shape index (κ1) is 28.8. The molecule has 1 atom stereocenters. The largest absolute Gasteiger partial charge is 0.497 e. The Kier molecular flexibility index (Phi) is 9.84. The third kappa shape index (κ3) is 7.85. The quantitative estimate of drug-likeness (QED) is 0.477. The molecule has 1 aliphatic carbocycles. The van der Waals surface area contributed by atoms with Gasteiger partial charge in [-0.3, -0.25) is 13.9 Å². The number of nitrogens with zero attached hydrogens (tertiary/aromatic N) is 2. The molecule has 0 radical (unpaired) electrons. The summed E-state index contributed by atoms with van der Waals surface area (Å²) in [4.78, 5) is 28.3. The number of sulfonamides is 1. The Morgan fingerprint density at radius 2 is 1.76 bits per heavy atom. The maximum absolute atomic E-state index is 13.7. The minimum absolute atomic E-state index is 0.0869. The van der Waals surface area contributed by atoms with Crippen molar-refractivity contribution in [2.45, 2.75) is 64.6 Å². The van der Waals surface area contributed by atoms with Gasteiger partial charge in [0.25, 0.3) is 0 Å². The number of nitrogens with one attached hydrogen (secondary N) is 1. The molecule has 2 aromatic rings. The summed E-state index contributed by atoms with van der Waals surface area (Å²) in [5.74, 6) is -0.0773. The second-order valence-electron chi connectivity index (χ2n) is 9.59. The normalized spacial score (nSPS) is 15.1. The molecule has 8 nitrogen and oxygen atoms in total. The fraction of sp³-hybridized carbons (Fsp3) is 0.481. The minimum Gasteiger partial charge on any atom is -0.497 e. The molecule has 0 saturated heterocycles. The number of hydrogen-bond acceptors (Lipinski definition) is 5. The lowest BCUT2D eigenvalue weighted by atomic mass is 9.95.